The fourth-order valence-electron chi connectivity index (χ4n) is 2.67. The molecule has 2 heterocycles. The van der Waals surface area contributed by atoms with E-state index in [0.29, 0.717) is 5.92 Å². The minimum Gasteiger partial charge on any atom is -0.493 e. The third kappa shape index (κ3) is 2.67. The van der Waals surface area contributed by atoms with Crippen molar-refractivity contribution in [3.05, 3.63) is 11.9 Å². The van der Waals surface area contributed by atoms with E-state index in [0.717, 1.165) is 37.6 Å². The summed E-state index contributed by atoms with van der Waals surface area (Å²) in [6.07, 6.45) is 4.10. The first-order valence-corrected chi connectivity index (χ1v) is 6.65. The summed E-state index contributed by atoms with van der Waals surface area (Å²) in [5.74, 6) is 1.34. The fourth-order valence-corrected chi connectivity index (χ4v) is 2.67. The van der Waals surface area contributed by atoms with E-state index < -0.39 is 0 Å². The zero-order chi connectivity index (χ0) is 13.0. The van der Waals surface area contributed by atoms with Gasteiger partial charge < -0.3 is 14.8 Å². The van der Waals surface area contributed by atoms with Gasteiger partial charge in [0, 0.05) is 19.6 Å². The van der Waals surface area contributed by atoms with Crippen LogP contribution >= 0.6 is 0 Å². The van der Waals surface area contributed by atoms with Crippen molar-refractivity contribution < 1.29 is 9.47 Å². The maximum absolute atomic E-state index is 5.61. The van der Waals surface area contributed by atoms with E-state index in [1.165, 1.54) is 6.42 Å². The van der Waals surface area contributed by atoms with Crippen LogP contribution in [0.15, 0.2) is 6.20 Å². The highest BCUT2D eigenvalue weighted by molar-refractivity contribution is 5.28. The Bertz CT molecular complexity index is 372. The summed E-state index contributed by atoms with van der Waals surface area (Å²) < 4.78 is 12.9. The molecule has 0 radical (unpaired) electrons. The zero-order valence-electron chi connectivity index (χ0n) is 11.5. The molecule has 5 heteroatoms. The largest absolute Gasteiger partial charge is 0.493 e. The number of hydrogen-bond donors (Lipinski definition) is 1. The van der Waals surface area contributed by atoms with Gasteiger partial charge in [-0.25, -0.2) is 0 Å². The lowest BCUT2D eigenvalue weighted by Gasteiger charge is -2.31. The van der Waals surface area contributed by atoms with Gasteiger partial charge in [-0.15, -0.1) is 0 Å². The molecule has 2 atom stereocenters. The molecule has 2 rings (SSSR count). The van der Waals surface area contributed by atoms with Gasteiger partial charge in [0.25, 0.3) is 0 Å². The van der Waals surface area contributed by atoms with Crippen LogP contribution in [0, 0.1) is 5.92 Å². The summed E-state index contributed by atoms with van der Waals surface area (Å²) in [6, 6.07) is 0.248. The Morgan fingerprint density at radius 2 is 2.50 bits per heavy atom. The van der Waals surface area contributed by atoms with E-state index in [-0.39, 0.29) is 6.04 Å². The molecule has 0 bridgehead atoms. The Kier molecular flexibility index (Phi) is 4.60. The second kappa shape index (κ2) is 6.20. The third-order valence-electron chi connectivity index (χ3n) is 3.55. The highest BCUT2D eigenvalue weighted by Gasteiger charge is 2.29. The molecule has 0 aliphatic carbocycles. The first-order valence-electron chi connectivity index (χ1n) is 6.65. The summed E-state index contributed by atoms with van der Waals surface area (Å²) in [4.78, 5) is 0. The number of methoxy groups -OCH3 is 1. The molecule has 0 aromatic carbocycles. The average Bonchev–Trinajstić information content (AvgIpc) is 2.78. The Hall–Kier alpha value is -1.07. The van der Waals surface area contributed by atoms with Gasteiger partial charge >= 0.3 is 0 Å². The van der Waals surface area contributed by atoms with Crippen LogP contribution in [-0.4, -0.2) is 36.6 Å². The van der Waals surface area contributed by atoms with Crippen LogP contribution in [-0.2, 0) is 11.8 Å². The normalized spacial score (nSPS) is 21.8. The number of rotatable bonds is 5. The van der Waals surface area contributed by atoms with Gasteiger partial charge in [0.2, 0.25) is 0 Å². The molecule has 5 nitrogen and oxygen atoms in total. The zero-order valence-corrected chi connectivity index (χ0v) is 11.5. The van der Waals surface area contributed by atoms with E-state index in [4.69, 9.17) is 9.47 Å². The summed E-state index contributed by atoms with van der Waals surface area (Å²) >= 11 is 0. The molecule has 1 aliphatic heterocycles. The van der Waals surface area contributed by atoms with E-state index in [1.54, 1.807) is 13.3 Å². The smallest absolute Gasteiger partial charge is 0.161 e. The van der Waals surface area contributed by atoms with Crippen LogP contribution in [0.5, 0.6) is 5.75 Å². The van der Waals surface area contributed by atoms with Crippen molar-refractivity contribution >= 4 is 0 Å². The molecule has 1 fully saturated rings. The van der Waals surface area contributed by atoms with Gasteiger partial charge in [0.1, 0.15) is 0 Å². The predicted octanol–water partition coefficient (Wildman–Crippen LogP) is 1.51. The molecule has 1 aromatic rings. The highest BCUT2D eigenvalue weighted by Crippen LogP contribution is 2.33. The third-order valence-corrected chi connectivity index (χ3v) is 3.55. The van der Waals surface area contributed by atoms with Crippen molar-refractivity contribution in [2.75, 3.05) is 26.9 Å². The minimum absolute atomic E-state index is 0.248. The van der Waals surface area contributed by atoms with Crippen LogP contribution in [0.3, 0.4) is 0 Å². The molecule has 0 saturated carbocycles. The van der Waals surface area contributed by atoms with Crippen LogP contribution in [0.4, 0.5) is 0 Å². The summed E-state index contributed by atoms with van der Waals surface area (Å²) in [5.41, 5.74) is 1.12. The van der Waals surface area contributed by atoms with Crippen molar-refractivity contribution in [3.63, 3.8) is 0 Å². The molecule has 102 valence electrons. The molecule has 18 heavy (non-hydrogen) atoms. The first-order chi connectivity index (χ1) is 8.77. The highest BCUT2D eigenvalue weighted by atomic mass is 16.5. The molecule has 1 aliphatic rings. The topological polar surface area (TPSA) is 48.3 Å². The van der Waals surface area contributed by atoms with Crippen molar-refractivity contribution in [1.29, 1.82) is 0 Å². The van der Waals surface area contributed by atoms with Crippen molar-refractivity contribution in [2.45, 2.75) is 25.8 Å². The van der Waals surface area contributed by atoms with Crippen LogP contribution in [0.25, 0.3) is 0 Å². The van der Waals surface area contributed by atoms with E-state index in [2.05, 4.69) is 17.3 Å². The number of aromatic nitrogens is 2. The Morgan fingerprint density at radius 3 is 3.11 bits per heavy atom. The molecule has 0 spiro atoms. The fraction of sp³-hybridized carbons (Fsp3) is 0.769. The van der Waals surface area contributed by atoms with E-state index in [9.17, 15) is 0 Å². The van der Waals surface area contributed by atoms with Crippen LogP contribution in [0.1, 0.15) is 31.5 Å². The number of nitrogens with zero attached hydrogens (tertiary/aromatic N) is 2. The van der Waals surface area contributed by atoms with Gasteiger partial charge in [-0.1, -0.05) is 6.92 Å². The van der Waals surface area contributed by atoms with Crippen molar-refractivity contribution in [2.24, 2.45) is 13.0 Å². The van der Waals surface area contributed by atoms with Gasteiger partial charge in [0.15, 0.2) is 5.75 Å². The Balaban J connectivity index is 2.24. The van der Waals surface area contributed by atoms with Crippen molar-refractivity contribution in [3.8, 4) is 5.75 Å². The van der Waals surface area contributed by atoms with Gasteiger partial charge in [-0.2, -0.15) is 5.10 Å². The van der Waals surface area contributed by atoms with E-state index in [1.807, 2.05) is 11.7 Å². The van der Waals surface area contributed by atoms with Crippen molar-refractivity contribution in [1.82, 2.24) is 15.1 Å². The number of nitrogens with one attached hydrogen (secondary N) is 1. The summed E-state index contributed by atoms with van der Waals surface area (Å²) in [5, 5.41) is 7.85. The lowest BCUT2D eigenvalue weighted by molar-refractivity contribution is 0.0377. The van der Waals surface area contributed by atoms with Crippen LogP contribution < -0.4 is 10.1 Å². The van der Waals surface area contributed by atoms with Gasteiger partial charge in [-0.05, 0) is 19.4 Å². The van der Waals surface area contributed by atoms with Crippen LogP contribution in [0.2, 0.25) is 0 Å². The molecule has 1 aromatic heterocycles. The number of hydrogen-bond acceptors (Lipinski definition) is 4. The molecular weight excluding hydrogens is 230 g/mol. The number of ether oxygens (including phenoxy) is 2. The quantitative estimate of drug-likeness (QED) is 0.864. The molecule has 0 amide bonds. The average molecular weight is 253 g/mol. The maximum atomic E-state index is 5.61. The summed E-state index contributed by atoms with van der Waals surface area (Å²) in [7, 11) is 3.66. The first kappa shape index (κ1) is 13.4. The molecule has 1 N–H and O–H groups in total. The standard InChI is InChI=1S/C13H23N3O2/c1-4-14-12(10-6-5-7-18-9-10)13-11(17-3)8-15-16(13)2/h8,10,12,14H,4-7,9H2,1-3H3. The molecule has 2 unspecified atom stereocenters. The lowest BCUT2D eigenvalue weighted by Crippen LogP contribution is -2.34. The van der Waals surface area contributed by atoms with Gasteiger partial charge in [-0.3, -0.25) is 4.68 Å². The second-order valence-corrected chi connectivity index (χ2v) is 4.73. The van der Waals surface area contributed by atoms with E-state index >= 15 is 0 Å². The lowest BCUT2D eigenvalue weighted by atomic mass is 9.91. The molecular formula is C13H23N3O2. The number of aryl methyl sites for hydroxylation is 1. The van der Waals surface area contributed by atoms with Gasteiger partial charge in [0.05, 0.1) is 31.6 Å². The Labute approximate surface area is 108 Å². The predicted molar refractivity (Wildman–Crippen MR) is 69.7 cm³/mol. The maximum Gasteiger partial charge on any atom is 0.161 e. The minimum atomic E-state index is 0.248. The SMILES string of the molecule is CCNC(c1c(OC)cnn1C)C1CCCOC1. The summed E-state index contributed by atoms with van der Waals surface area (Å²) in [6.45, 7) is 4.75. The second-order valence-electron chi connectivity index (χ2n) is 4.73. The Morgan fingerprint density at radius 1 is 1.67 bits per heavy atom. The monoisotopic (exact) mass is 253 g/mol. The molecule has 1 saturated heterocycles.